The lowest BCUT2D eigenvalue weighted by Crippen LogP contribution is -2.45. The number of rotatable bonds is 4. The summed E-state index contributed by atoms with van der Waals surface area (Å²) in [6, 6.07) is 1.94. The molecule has 3 aromatic heterocycles. The van der Waals surface area contributed by atoms with Crippen LogP contribution >= 0.6 is 0 Å². The van der Waals surface area contributed by atoms with Gasteiger partial charge < -0.3 is 5.11 Å². The fourth-order valence-electron chi connectivity index (χ4n) is 5.32. The molecule has 3 aliphatic carbocycles. The molecule has 0 unspecified atom stereocenters. The van der Waals surface area contributed by atoms with Crippen LogP contribution in [0.1, 0.15) is 36.9 Å². The molecule has 0 radical (unpaired) electrons. The van der Waals surface area contributed by atoms with E-state index < -0.39 is 17.7 Å². The van der Waals surface area contributed by atoms with Crippen LogP contribution in [-0.2, 0) is 11.2 Å². The highest BCUT2D eigenvalue weighted by Gasteiger charge is 2.47. The van der Waals surface area contributed by atoms with Gasteiger partial charge in [-0.15, -0.1) is 0 Å². The number of nitrogens with one attached hydrogen (secondary N) is 1. The maximum atomic E-state index is 14.6. The molecule has 7 nitrogen and oxygen atoms in total. The lowest BCUT2D eigenvalue weighted by molar-refractivity contribution is -0.152. The van der Waals surface area contributed by atoms with Crippen molar-refractivity contribution in [1.29, 1.82) is 0 Å². The molecule has 150 valence electrons. The lowest BCUT2D eigenvalue weighted by atomic mass is 9.57. The monoisotopic (exact) mass is 395 g/mol. The third-order valence-electron chi connectivity index (χ3n) is 6.69. The van der Waals surface area contributed by atoms with Crippen LogP contribution in [-0.4, -0.2) is 36.2 Å². The number of hydrogen-bond donors (Lipinski definition) is 2. The van der Waals surface area contributed by atoms with Crippen molar-refractivity contribution in [3.05, 3.63) is 35.5 Å². The van der Waals surface area contributed by atoms with Gasteiger partial charge in [0.1, 0.15) is 5.69 Å². The molecule has 2 bridgehead atoms. The first-order chi connectivity index (χ1) is 14.0. The van der Waals surface area contributed by atoms with Crippen molar-refractivity contribution in [3.8, 4) is 11.5 Å². The van der Waals surface area contributed by atoms with Crippen molar-refractivity contribution in [2.75, 3.05) is 0 Å². The largest absolute Gasteiger partial charge is 0.481 e. The van der Waals surface area contributed by atoms with Crippen LogP contribution in [0.25, 0.3) is 22.6 Å². The summed E-state index contributed by atoms with van der Waals surface area (Å²) >= 11 is 0. The summed E-state index contributed by atoms with van der Waals surface area (Å²) in [7, 11) is 0. The summed E-state index contributed by atoms with van der Waals surface area (Å²) in [5.74, 6) is -0.891. The average Bonchev–Trinajstić information content (AvgIpc) is 3.13. The van der Waals surface area contributed by atoms with Gasteiger partial charge in [-0.3, -0.25) is 9.89 Å². The third kappa shape index (κ3) is 3.07. The summed E-state index contributed by atoms with van der Waals surface area (Å²) in [5, 5.41) is 17.7. The summed E-state index contributed by atoms with van der Waals surface area (Å²) in [5.41, 5.74) is 2.40. The topological polar surface area (TPSA) is 105 Å². The first kappa shape index (κ1) is 18.1. The highest BCUT2D eigenvalue weighted by molar-refractivity contribution is 5.88. The molecule has 6 rings (SSSR count). The van der Waals surface area contributed by atoms with Gasteiger partial charge in [-0.1, -0.05) is 0 Å². The SMILES string of the molecule is Cc1cnc2n[nH]c(-c3ncc(F)c(C[C@@H]4C5CCC(CC5)[C@H]4C(=O)O)n3)c2c1. The molecule has 3 aliphatic rings. The van der Waals surface area contributed by atoms with Gasteiger partial charge in [-0.05, 0) is 68.4 Å². The van der Waals surface area contributed by atoms with Crippen molar-refractivity contribution < 1.29 is 14.3 Å². The Morgan fingerprint density at radius 2 is 1.97 bits per heavy atom. The number of carbonyl (C=O) groups is 1. The predicted octanol–water partition coefficient (Wildman–Crippen LogP) is 3.54. The Morgan fingerprint density at radius 1 is 1.21 bits per heavy atom. The molecule has 8 heteroatoms. The van der Waals surface area contributed by atoms with Crippen molar-refractivity contribution in [3.63, 3.8) is 0 Å². The summed E-state index contributed by atoms with van der Waals surface area (Å²) < 4.78 is 14.6. The number of nitrogens with zero attached hydrogens (tertiary/aromatic N) is 4. The zero-order valence-corrected chi connectivity index (χ0v) is 16.1. The molecule has 0 saturated heterocycles. The number of aryl methyl sites for hydroxylation is 1. The minimum Gasteiger partial charge on any atom is -0.481 e. The number of pyridine rings is 1. The van der Waals surface area contributed by atoms with Gasteiger partial charge in [0.05, 0.1) is 23.2 Å². The van der Waals surface area contributed by atoms with E-state index in [1.54, 1.807) is 6.20 Å². The molecule has 0 amide bonds. The number of aliphatic carboxylic acids is 1. The molecule has 3 fully saturated rings. The molecule has 2 atom stereocenters. The second-order valence-corrected chi connectivity index (χ2v) is 8.38. The van der Waals surface area contributed by atoms with Crippen molar-refractivity contribution in [2.24, 2.45) is 23.7 Å². The van der Waals surface area contributed by atoms with Crippen molar-refractivity contribution in [2.45, 2.75) is 39.0 Å². The van der Waals surface area contributed by atoms with Gasteiger partial charge in [0, 0.05) is 6.20 Å². The zero-order chi connectivity index (χ0) is 20.1. The Kier molecular flexibility index (Phi) is 4.29. The molecule has 3 saturated carbocycles. The lowest BCUT2D eigenvalue weighted by Gasteiger charge is -2.46. The fourth-order valence-corrected chi connectivity index (χ4v) is 5.32. The van der Waals surface area contributed by atoms with Gasteiger partial charge >= 0.3 is 5.97 Å². The Bertz CT molecular complexity index is 1090. The van der Waals surface area contributed by atoms with E-state index in [2.05, 4.69) is 25.1 Å². The van der Waals surface area contributed by atoms with Crippen LogP contribution in [0.2, 0.25) is 0 Å². The van der Waals surface area contributed by atoms with E-state index in [1.807, 2.05) is 13.0 Å². The Morgan fingerprint density at radius 3 is 2.72 bits per heavy atom. The van der Waals surface area contributed by atoms with E-state index in [9.17, 15) is 14.3 Å². The van der Waals surface area contributed by atoms with Crippen molar-refractivity contribution in [1.82, 2.24) is 25.1 Å². The van der Waals surface area contributed by atoms with Crippen LogP contribution in [0.3, 0.4) is 0 Å². The first-order valence-electron chi connectivity index (χ1n) is 10.1. The molecule has 0 aliphatic heterocycles. The number of carboxylic acid groups (broad SMARTS) is 1. The van der Waals surface area contributed by atoms with E-state index in [1.165, 1.54) is 6.20 Å². The quantitative estimate of drug-likeness (QED) is 0.700. The Balaban J connectivity index is 1.51. The van der Waals surface area contributed by atoms with Crippen LogP contribution in [0.4, 0.5) is 4.39 Å². The number of aromatic nitrogens is 5. The maximum absolute atomic E-state index is 14.6. The molecular weight excluding hydrogens is 373 g/mol. The maximum Gasteiger partial charge on any atom is 0.307 e. The number of halogens is 1. The normalized spacial score (nSPS) is 26.1. The number of fused-ring (bicyclic) bond motifs is 4. The molecule has 3 heterocycles. The highest BCUT2D eigenvalue weighted by atomic mass is 19.1. The number of H-pyrrole nitrogens is 1. The molecule has 29 heavy (non-hydrogen) atoms. The van der Waals surface area contributed by atoms with E-state index in [0.717, 1.165) is 36.6 Å². The second-order valence-electron chi connectivity index (χ2n) is 8.38. The second kappa shape index (κ2) is 6.86. The van der Waals surface area contributed by atoms with E-state index >= 15 is 0 Å². The van der Waals surface area contributed by atoms with Crippen LogP contribution in [0, 0.1) is 36.4 Å². The molecule has 3 aromatic rings. The predicted molar refractivity (Wildman–Crippen MR) is 103 cm³/mol. The van der Waals surface area contributed by atoms with E-state index in [4.69, 9.17) is 0 Å². The van der Waals surface area contributed by atoms with Crippen LogP contribution in [0.5, 0.6) is 0 Å². The molecule has 0 aromatic carbocycles. The van der Waals surface area contributed by atoms with Gasteiger partial charge in [0.2, 0.25) is 0 Å². The summed E-state index contributed by atoms with van der Waals surface area (Å²) in [4.78, 5) is 24.8. The third-order valence-corrected chi connectivity index (χ3v) is 6.69. The Hall–Kier alpha value is -2.90. The van der Waals surface area contributed by atoms with Gasteiger partial charge in [0.25, 0.3) is 0 Å². The standard InChI is InChI=1S/C21H22FN5O2/c1-10-6-14-18(26-27-19(14)23-8-10)20-24-9-15(22)16(25-20)7-13-11-2-4-12(5-3-11)17(13)21(28)29/h6,8-9,11-13,17H,2-5,7H2,1H3,(H,28,29)(H,23,26,27)/t11?,12?,13-,17-/m1/s1. The minimum atomic E-state index is -0.764. The van der Waals surface area contributed by atoms with Crippen LogP contribution < -0.4 is 0 Å². The highest BCUT2D eigenvalue weighted by Crippen LogP contribution is 2.50. The fraction of sp³-hybridized carbons (Fsp3) is 0.476. The van der Waals surface area contributed by atoms with E-state index in [0.29, 0.717) is 29.5 Å². The summed E-state index contributed by atoms with van der Waals surface area (Å²) in [6.45, 7) is 1.93. The molecule has 2 N–H and O–H groups in total. The molecular formula is C21H22FN5O2. The first-order valence-corrected chi connectivity index (χ1v) is 10.1. The van der Waals surface area contributed by atoms with Crippen molar-refractivity contribution >= 4 is 17.0 Å². The van der Waals surface area contributed by atoms with Gasteiger partial charge in [-0.25, -0.2) is 19.3 Å². The van der Waals surface area contributed by atoms with Gasteiger partial charge in [0.15, 0.2) is 17.3 Å². The minimum absolute atomic E-state index is 0.0836. The molecule has 0 spiro atoms. The summed E-state index contributed by atoms with van der Waals surface area (Å²) in [6.07, 6.45) is 7.19. The Labute approximate surface area is 166 Å². The number of aromatic amines is 1. The van der Waals surface area contributed by atoms with E-state index in [-0.39, 0.29) is 17.5 Å². The number of hydrogen-bond acceptors (Lipinski definition) is 5. The van der Waals surface area contributed by atoms with Crippen LogP contribution in [0.15, 0.2) is 18.5 Å². The van der Waals surface area contributed by atoms with Gasteiger partial charge in [-0.2, -0.15) is 5.10 Å². The zero-order valence-electron chi connectivity index (χ0n) is 16.1. The smallest absolute Gasteiger partial charge is 0.307 e. The average molecular weight is 395 g/mol. The number of carboxylic acids is 1.